The highest BCUT2D eigenvalue weighted by Crippen LogP contribution is 2.11. The first-order valence-electron chi connectivity index (χ1n) is 7.28. The molecule has 1 rings (SSSR count). The van der Waals surface area contributed by atoms with Crippen molar-refractivity contribution in [2.75, 3.05) is 19.6 Å². The van der Waals surface area contributed by atoms with Crippen LogP contribution in [-0.4, -0.2) is 36.5 Å². The summed E-state index contributed by atoms with van der Waals surface area (Å²) in [5, 5.41) is 3.17. The Labute approximate surface area is 106 Å². The Bertz CT molecular complexity index is 210. The van der Waals surface area contributed by atoms with Crippen LogP contribution in [0.15, 0.2) is 0 Å². The van der Waals surface area contributed by atoms with Crippen molar-refractivity contribution in [2.24, 2.45) is 0 Å². The van der Waals surface area contributed by atoms with Crippen molar-refractivity contribution in [3.05, 3.63) is 0 Å². The minimum Gasteiger partial charge on any atom is -0.353 e. The number of unbranched alkanes of at least 4 members (excludes halogenated alkanes) is 2. The van der Waals surface area contributed by atoms with Crippen molar-refractivity contribution < 1.29 is 4.79 Å². The number of piperidine rings is 1. The molecule has 1 amide bonds. The largest absolute Gasteiger partial charge is 0.353 e. The van der Waals surface area contributed by atoms with Crippen molar-refractivity contribution in [1.82, 2.24) is 10.2 Å². The van der Waals surface area contributed by atoms with Gasteiger partial charge in [0.1, 0.15) is 0 Å². The first-order valence-corrected chi connectivity index (χ1v) is 7.28. The van der Waals surface area contributed by atoms with E-state index in [1.165, 1.54) is 25.8 Å². The van der Waals surface area contributed by atoms with Gasteiger partial charge in [0.15, 0.2) is 0 Å². The van der Waals surface area contributed by atoms with Gasteiger partial charge < -0.3 is 10.2 Å². The molecular weight excluding hydrogens is 212 g/mol. The van der Waals surface area contributed by atoms with Crippen LogP contribution in [-0.2, 0) is 4.79 Å². The average Bonchev–Trinajstić information content (AvgIpc) is 2.32. The molecule has 0 spiro atoms. The van der Waals surface area contributed by atoms with E-state index in [-0.39, 0.29) is 5.91 Å². The maximum atomic E-state index is 11.7. The van der Waals surface area contributed by atoms with E-state index in [2.05, 4.69) is 24.1 Å². The number of amides is 1. The van der Waals surface area contributed by atoms with Crippen molar-refractivity contribution in [3.8, 4) is 0 Å². The molecule has 0 unspecified atom stereocenters. The molecular formula is C14H28N2O. The van der Waals surface area contributed by atoms with Crippen LogP contribution in [0.3, 0.4) is 0 Å². The van der Waals surface area contributed by atoms with Crippen LogP contribution in [0.25, 0.3) is 0 Å². The van der Waals surface area contributed by atoms with Gasteiger partial charge in [-0.25, -0.2) is 0 Å². The van der Waals surface area contributed by atoms with Crippen LogP contribution in [0, 0.1) is 0 Å². The molecule has 1 aliphatic heterocycles. The highest BCUT2D eigenvalue weighted by atomic mass is 16.1. The quantitative estimate of drug-likeness (QED) is 0.694. The van der Waals surface area contributed by atoms with Crippen molar-refractivity contribution in [1.29, 1.82) is 0 Å². The molecule has 17 heavy (non-hydrogen) atoms. The maximum Gasteiger partial charge on any atom is 0.220 e. The van der Waals surface area contributed by atoms with Gasteiger partial charge in [-0.3, -0.25) is 4.79 Å². The lowest BCUT2D eigenvalue weighted by atomic mass is 10.0. The molecule has 0 bridgehead atoms. The monoisotopic (exact) mass is 240 g/mol. The van der Waals surface area contributed by atoms with Crippen molar-refractivity contribution in [2.45, 2.75) is 64.8 Å². The van der Waals surface area contributed by atoms with Gasteiger partial charge in [-0.15, -0.1) is 0 Å². The Morgan fingerprint density at radius 2 is 1.88 bits per heavy atom. The fourth-order valence-electron chi connectivity index (χ4n) is 2.45. The number of nitrogens with one attached hydrogen (secondary N) is 1. The Morgan fingerprint density at radius 3 is 2.47 bits per heavy atom. The molecule has 0 aromatic heterocycles. The van der Waals surface area contributed by atoms with Crippen LogP contribution in [0.1, 0.15) is 58.8 Å². The second kappa shape index (κ2) is 8.51. The number of hydrogen-bond acceptors (Lipinski definition) is 2. The zero-order valence-corrected chi connectivity index (χ0v) is 11.5. The summed E-state index contributed by atoms with van der Waals surface area (Å²) >= 11 is 0. The zero-order chi connectivity index (χ0) is 12.5. The predicted octanol–water partition coefficient (Wildman–Crippen LogP) is 2.56. The van der Waals surface area contributed by atoms with E-state index in [0.717, 1.165) is 32.4 Å². The van der Waals surface area contributed by atoms with E-state index < -0.39 is 0 Å². The molecule has 3 nitrogen and oxygen atoms in total. The van der Waals surface area contributed by atoms with E-state index in [9.17, 15) is 4.79 Å². The predicted molar refractivity (Wildman–Crippen MR) is 72.0 cm³/mol. The smallest absolute Gasteiger partial charge is 0.220 e. The third kappa shape index (κ3) is 6.06. The van der Waals surface area contributed by atoms with E-state index in [0.29, 0.717) is 12.5 Å². The molecule has 1 fully saturated rings. The van der Waals surface area contributed by atoms with E-state index in [4.69, 9.17) is 0 Å². The lowest BCUT2D eigenvalue weighted by Gasteiger charge is -2.32. The third-order valence-electron chi connectivity index (χ3n) is 3.50. The molecule has 100 valence electrons. The van der Waals surface area contributed by atoms with Crippen LogP contribution in [0.2, 0.25) is 0 Å². The molecule has 1 N–H and O–H groups in total. The van der Waals surface area contributed by atoms with Crippen molar-refractivity contribution >= 4 is 5.91 Å². The van der Waals surface area contributed by atoms with Gasteiger partial charge in [0, 0.05) is 25.6 Å². The van der Waals surface area contributed by atoms with E-state index in [1.807, 2.05) is 0 Å². The van der Waals surface area contributed by atoms with Crippen LogP contribution < -0.4 is 5.32 Å². The first kappa shape index (κ1) is 14.5. The molecule has 0 aromatic rings. The summed E-state index contributed by atoms with van der Waals surface area (Å²) in [6.45, 7) is 7.89. The molecule has 1 aliphatic rings. The molecule has 1 heterocycles. The molecule has 0 saturated carbocycles. The van der Waals surface area contributed by atoms with Crippen molar-refractivity contribution in [3.63, 3.8) is 0 Å². The lowest BCUT2D eigenvalue weighted by molar-refractivity contribution is -0.122. The summed E-state index contributed by atoms with van der Waals surface area (Å²) in [6, 6.07) is 0.428. The fraction of sp³-hybridized carbons (Fsp3) is 0.929. The number of nitrogens with zero attached hydrogens (tertiary/aromatic N) is 1. The van der Waals surface area contributed by atoms with E-state index >= 15 is 0 Å². The second-order valence-electron chi connectivity index (χ2n) is 5.14. The Kier molecular flexibility index (Phi) is 7.25. The highest BCUT2D eigenvalue weighted by Gasteiger charge is 2.19. The van der Waals surface area contributed by atoms with E-state index in [1.54, 1.807) is 0 Å². The van der Waals surface area contributed by atoms with Gasteiger partial charge in [-0.05, 0) is 32.2 Å². The van der Waals surface area contributed by atoms with Gasteiger partial charge in [0.05, 0.1) is 0 Å². The van der Waals surface area contributed by atoms with Gasteiger partial charge in [0.25, 0.3) is 0 Å². The molecule has 1 saturated heterocycles. The SMILES string of the molecule is CCCCCC(=O)NC1CCN(CCC)CC1. The Morgan fingerprint density at radius 1 is 1.18 bits per heavy atom. The molecule has 0 radical (unpaired) electrons. The van der Waals surface area contributed by atoms with Crippen LogP contribution in [0.5, 0.6) is 0 Å². The molecule has 0 aliphatic carbocycles. The van der Waals surface area contributed by atoms with Crippen LogP contribution >= 0.6 is 0 Å². The standard InChI is InChI=1S/C14H28N2O/c1-3-5-6-7-14(17)15-13-8-11-16(10-4-2)12-9-13/h13H,3-12H2,1-2H3,(H,15,17). The molecule has 0 atom stereocenters. The van der Waals surface area contributed by atoms with Gasteiger partial charge in [-0.2, -0.15) is 0 Å². The highest BCUT2D eigenvalue weighted by molar-refractivity contribution is 5.76. The summed E-state index contributed by atoms with van der Waals surface area (Å²) in [4.78, 5) is 14.2. The number of carbonyl (C=O) groups is 1. The zero-order valence-electron chi connectivity index (χ0n) is 11.5. The summed E-state index contributed by atoms with van der Waals surface area (Å²) in [7, 11) is 0. The van der Waals surface area contributed by atoms with Gasteiger partial charge in [0.2, 0.25) is 5.91 Å². The number of likely N-dealkylation sites (tertiary alicyclic amines) is 1. The maximum absolute atomic E-state index is 11.7. The van der Waals surface area contributed by atoms with Gasteiger partial charge >= 0.3 is 0 Å². The summed E-state index contributed by atoms with van der Waals surface area (Å²) < 4.78 is 0. The fourth-order valence-corrected chi connectivity index (χ4v) is 2.45. The number of carbonyl (C=O) groups excluding carboxylic acids is 1. The third-order valence-corrected chi connectivity index (χ3v) is 3.50. The van der Waals surface area contributed by atoms with Gasteiger partial charge in [-0.1, -0.05) is 26.7 Å². The lowest BCUT2D eigenvalue weighted by Crippen LogP contribution is -2.44. The number of rotatable bonds is 7. The Balaban J connectivity index is 2.10. The minimum absolute atomic E-state index is 0.257. The topological polar surface area (TPSA) is 32.3 Å². The molecule has 3 heteroatoms. The minimum atomic E-state index is 0.257. The average molecular weight is 240 g/mol. The molecule has 0 aromatic carbocycles. The summed E-state index contributed by atoms with van der Waals surface area (Å²) in [5.41, 5.74) is 0. The van der Waals surface area contributed by atoms with Crippen LogP contribution in [0.4, 0.5) is 0 Å². The first-order chi connectivity index (χ1) is 8.26. The summed E-state index contributed by atoms with van der Waals surface area (Å²) in [6.07, 6.45) is 7.58. The number of hydrogen-bond donors (Lipinski definition) is 1. The summed E-state index contributed by atoms with van der Waals surface area (Å²) in [5.74, 6) is 0.257. The second-order valence-corrected chi connectivity index (χ2v) is 5.14. The Hall–Kier alpha value is -0.570. The normalized spacial score (nSPS) is 18.2.